The Morgan fingerprint density at radius 1 is 1.46 bits per heavy atom. The highest BCUT2D eigenvalue weighted by molar-refractivity contribution is 5.86. The summed E-state index contributed by atoms with van der Waals surface area (Å²) < 4.78 is 7.32. The van der Waals surface area contributed by atoms with Crippen LogP contribution in [-0.2, 0) is 16.1 Å². The van der Waals surface area contributed by atoms with Crippen LogP contribution in [0.5, 0.6) is 0 Å². The third-order valence-corrected chi connectivity index (χ3v) is 4.30. The third kappa shape index (κ3) is 5.61. The van der Waals surface area contributed by atoms with E-state index in [1.807, 2.05) is 31.4 Å². The van der Waals surface area contributed by atoms with Crippen molar-refractivity contribution in [1.82, 2.24) is 19.8 Å². The number of nitrogens with zero attached hydrogens (tertiary/aromatic N) is 3. The highest BCUT2D eigenvalue weighted by atomic mass is 16.6. The minimum absolute atomic E-state index is 0.167. The van der Waals surface area contributed by atoms with Crippen LogP contribution in [0, 0.1) is 0 Å². The number of nitrogens with one attached hydrogen (secondary N) is 1. The molecule has 154 valence electrons. The Kier molecular flexibility index (Phi) is 6.88. The van der Waals surface area contributed by atoms with Gasteiger partial charge in [-0.2, -0.15) is 0 Å². The van der Waals surface area contributed by atoms with Crippen LogP contribution < -0.4 is 11.1 Å². The molecule has 28 heavy (non-hydrogen) atoms. The third-order valence-electron chi connectivity index (χ3n) is 4.30. The van der Waals surface area contributed by atoms with E-state index in [1.165, 1.54) is 4.90 Å². The second kappa shape index (κ2) is 8.95. The zero-order chi connectivity index (χ0) is 20.9. The van der Waals surface area contributed by atoms with Crippen LogP contribution >= 0.6 is 0 Å². The van der Waals surface area contributed by atoms with Gasteiger partial charge in [0.15, 0.2) is 0 Å². The lowest BCUT2D eigenvalue weighted by atomic mass is 10.2. The Bertz CT molecular complexity index is 756. The second-order valence-corrected chi connectivity index (χ2v) is 7.92. The number of imidazole rings is 1. The van der Waals surface area contributed by atoms with Crippen LogP contribution in [0.4, 0.5) is 4.79 Å². The largest absolute Gasteiger partial charge is 0.444 e. The fraction of sp³-hybridized carbons (Fsp3) is 0.550. The first-order valence-corrected chi connectivity index (χ1v) is 9.51. The van der Waals surface area contributed by atoms with E-state index in [2.05, 4.69) is 16.9 Å². The number of likely N-dealkylation sites (tertiary alicyclic amines) is 1. The number of amides is 2. The summed E-state index contributed by atoms with van der Waals surface area (Å²) in [6, 6.07) is -0.493. The van der Waals surface area contributed by atoms with E-state index in [4.69, 9.17) is 10.5 Å². The molecule has 1 aliphatic rings. The van der Waals surface area contributed by atoms with Gasteiger partial charge < -0.3 is 20.4 Å². The first-order valence-electron chi connectivity index (χ1n) is 9.51. The maximum atomic E-state index is 12.6. The van der Waals surface area contributed by atoms with E-state index in [0.717, 1.165) is 17.8 Å². The van der Waals surface area contributed by atoms with Crippen LogP contribution in [0.15, 0.2) is 18.6 Å². The molecule has 2 rings (SSSR count). The zero-order valence-corrected chi connectivity index (χ0v) is 17.2. The van der Waals surface area contributed by atoms with Crippen molar-refractivity contribution < 1.29 is 14.3 Å². The first kappa shape index (κ1) is 21.5. The highest BCUT2D eigenvalue weighted by Crippen LogP contribution is 2.21. The Morgan fingerprint density at radius 3 is 2.79 bits per heavy atom. The molecule has 8 heteroatoms. The Morgan fingerprint density at radius 2 is 2.18 bits per heavy atom. The number of carbonyl (C=O) groups excluding carboxylic acids is 2. The summed E-state index contributed by atoms with van der Waals surface area (Å²) in [4.78, 5) is 30.8. The van der Waals surface area contributed by atoms with Gasteiger partial charge in [-0.3, -0.25) is 9.69 Å². The Hall–Kier alpha value is -2.77. The summed E-state index contributed by atoms with van der Waals surface area (Å²) in [5.74, 6) is -0.167. The average molecular weight is 390 g/mol. The van der Waals surface area contributed by atoms with Crippen LogP contribution in [0.3, 0.4) is 0 Å². The number of hydrogen-bond acceptors (Lipinski definition) is 5. The molecule has 1 fully saturated rings. The summed E-state index contributed by atoms with van der Waals surface area (Å²) in [5.41, 5.74) is 7.45. The first-order chi connectivity index (χ1) is 13.1. The summed E-state index contributed by atoms with van der Waals surface area (Å²) in [7, 11) is 0. The number of carbonyl (C=O) groups is 2. The van der Waals surface area contributed by atoms with Gasteiger partial charge in [-0.25, -0.2) is 9.78 Å². The number of aromatic nitrogens is 2. The van der Waals surface area contributed by atoms with Crippen LogP contribution in [0.25, 0.3) is 12.2 Å². The second-order valence-electron chi connectivity index (χ2n) is 7.92. The molecule has 1 aliphatic heterocycles. The SMILES string of the molecule is C=Cc1ncn(CCNC(=O)C2CCCN2C(=O)OC(C)(C)C)c1/C=C(\C)N. The summed E-state index contributed by atoms with van der Waals surface area (Å²) in [5, 5.41) is 2.91. The molecule has 0 saturated carbocycles. The van der Waals surface area contributed by atoms with E-state index >= 15 is 0 Å². The van der Waals surface area contributed by atoms with E-state index in [0.29, 0.717) is 31.8 Å². The molecule has 1 unspecified atom stereocenters. The molecule has 0 aliphatic carbocycles. The molecule has 1 aromatic rings. The molecule has 0 radical (unpaired) electrons. The predicted octanol–water partition coefficient (Wildman–Crippen LogP) is 2.36. The monoisotopic (exact) mass is 389 g/mol. The van der Waals surface area contributed by atoms with Gasteiger partial charge >= 0.3 is 6.09 Å². The number of rotatable bonds is 6. The minimum Gasteiger partial charge on any atom is -0.444 e. The van der Waals surface area contributed by atoms with Crippen molar-refractivity contribution in [3.8, 4) is 0 Å². The standard InChI is InChI=1S/C20H31N5O3/c1-6-15-17(12-14(2)21)24(13-23-15)11-9-22-18(26)16-8-7-10-25(16)19(27)28-20(3,4)5/h6,12-13,16H,1,7-11,21H2,2-5H3,(H,22,26)/b14-12+. The van der Waals surface area contributed by atoms with Crippen molar-refractivity contribution in [2.24, 2.45) is 5.73 Å². The number of ether oxygens (including phenoxy) is 1. The fourth-order valence-electron chi connectivity index (χ4n) is 3.11. The smallest absolute Gasteiger partial charge is 0.410 e. The van der Waals surface area contributed by atoms with Crippen molar-refractivity contribution in [2.45, 2.75) is 58.7 Å². The zero-order valence-electron chi connectivity index (χ0n) is 17.2. The molecule has 0 aromatic carbocycles. The molecule has 1 aromatic heterocycles. The van der Waals surface area contributed by atoms with Crippen molar-refractivity contribution in [3.63, 3.8) is 0 Å². The summed E-state index contributed by atoms with van der Waals surface area (Å²) in [6.45, 7) is 12.5. The van der Waals surface area contributed by atoms with Crippen LogP contribution in [-0.4, -0.2) is 51.2 Å². The van der Waals surface area contributed by atoms with Crippen molar-refractivity contribution >= 4 is 24.2 Å². The van der Waals surface area contributed by atoms with Crippen LogP contribution in [0.2, 0.25) is 0 Å². The lowest BCUT2D eigenvalue weighted by molar-refractivity contribution is -0.125. The normalized spacial score (nSPS) is 17.5. The van der Waals surface area contributed by atoms with Gasteiger partial charge in [0.05, 0.1) is 17.7 Å². The molecule has 3 N–H and O–H groups in total. The maximum absolute atomic E-state index is 12.6. The molecule has 1 atom stereocenters. The maximum Gasteiger partial charge on any atom is 0.410 e. The quantitative estimate of drug-likeness (QED) is 0.777. The van der Waals surface area contributed by atoms with Crippen molar-refractivity contribution in [3.05, 3.63) is 30.0 Å². The molecule has 2 amide bonds. The average Bonchev–Trinajstić information content (AvgIpc) is 3.20. The predicted molar refractivity (Wildman–Crippen MR) is 109 cm³/mol. The van der Waals surface area contributed by atoms with E-state index < -0.39 is 17.7 Å². The van der Waals surface area contributed by atoms with Gasteiger partial charge in [-0.1, -0.05) is 6.58 Å². The molecular formula is C20H31N5O3. The van der Waals surface area contributed by atoms with Gasteiger partial charge in [0.2, 0.25) is 5.91 Å². The lowest BCUT2D eigenvalue weighted by Gasteiger charge is -2.28. The van der Waals surface area contributed by atoms with Gasteiger partial charge in [0, 0.05) is 25.3 Å². The van der Waals surface area contributed by atoms with Gasteiger partial charge in [-0.05, 0) is 52.7 Å². The van der Waals surface area contributed by atoms with Gasteiger partial charge in [0.25, 0.3) is 0 Å². The van der Waals surface area contributed by atoms with Gasteiger partial charge in [0.1, 0.15) is 11.6 Å². The van der Waals surface area contributed by atoms with Crippen molar-refractivity contribution in [1.29, 1.82) is 0 Å². The van der Waals surface area contributed by atoms with E-state index in [9.17, 15) is 9.59 Å². The van der Waals surface area contributed by atoms with Crippen molar-refractivity contribution in [2.75, 3.05) is 13.1 Å². The number of nitrogens with two attached hydrogens (primary N) is 1. The molecule has 2 heterocycles. The number of hydrogen-bond donors (Lipinski definition) is 2. The molecular weight excluding hydrogens is 358 g/mol. The summed E-state index contributed by atoms with van der Waals surface area (Å²) in [6.07, 6.45) is 6.17. The minimum atomic E-state index is -0.587. The van der Waals surface area contributed by atoms with E-state index in [1.54, 1.807) is 19.3 Å². The van der Waals surface area contributed by atoms with E-state index in [-0.39, 0.29) is 5.91 Å². The van der Waals surface area contributed by atoms with Crippen LogP contribution in [0.1, 0.15) is 51.9 Å². The summed E-state index contributed by atoms with van der Waals surface area (Å²) >= 11 is 0. The molecule has 0 bridgehead atoms. The Labute approximate surface area is 166 Å². The topological polar surface area (TPSA) is 102 Å². The molecule has 1 saturated heterocycles. The fourth-order valence-corrected chi connectivity index (χ4v) is 3.11. The molecule has 0 spiro atoms. The number of allylic oxidation sites excluding steroid dienone is 1. The molecule has 8 nitrogen and oxygen atoms in total. The Balaban J connectivity index is 1.95. The lowest BCUT2D eigenvalue weighted by Crippen LogP contribution is -2.48. The van der Waals surface area contributed by atoms with Gasteiger partial charge in [-0.15, -0.1) is 0 Å². The highest BCUT2D eigenvalue weighted by Gasteiger charge is 2.36.